The van der Waals surface area contributed by atoms with Gasteiger partial charge in [0.1, 0.15) is 4.32 Å². The van der Waals surface area contributed by atoms with Crippen molar-refractivity contribution in [3.8, 4) is 11.5 Å². The maximum absolute atomic E-state index is 12.8. The maximum Gasteiger partial charge on any atom is 0.303 e. The third-order valence-electron chi connectivity index (χ3n) is 5.78. The molecule has 0 spiro atoms. The lowest BCUT2D eigenvalue weighted by Crippen LogP contribution is -2.33. The van der Waals surface area contributed by atoms with Crippen molar-refractivity contribution in [2.24, 2.45) is 0 Å². The second kappa shape index (κ2) is 16.2. The SMILES string of the molecule is COc1ccc(/C=C2\SC(=S)N(CCC(=O)NCCCCCCCCCCC(=O)O)C2=O)cc1OC. The van der Waals surface area contributed by atoms with E-state index in [0.29, 0.717) is 27.3 Å². The zero-order valence-electron chi connectivity index (χ0n) is 21.0. The minimum Gasteiger partial charge on any atom is -0.493 e. The number of aliphatic carboxylic acids is 1. The van der Waals surface area contributed by atoms with Crippen molar-refractivity contribution in [3.63, 3.8) is 0 Å². The van der Waals surface area contributed by atoms with Crippen molar-refractivity contribution in [2.75, 3.05) is 27.3 Å². The number of carboxylic acids is 1. The molecule has 8 nitrogen and oxygen atoms in total. The lowest BCUT2D eigenvalue weighted by atomic mass is 10.1. The van der Waals surface area contributed by atoms with Gasteiger partial charge >= 0.3 is 5.97 Å². The summed E-state index contributed by atoms with van der Waals surface area (Å²) in [4.78, 5) is 37.5. The fraction of sp³-hybridized carbons (Fsp3) is 0.538. The van der Waals surface area contributed by atoms with E-state index in [0.717, 1.165) is 56.9 Å². The number of amides is 2. The van der Waals surface area contributed by atoms with Gasteiger partial charge in [-0.1, -0.05) is 68.6 Å². The first-order valence-corrected chi connectivity index (χ1v) is 13.5. The summed E-state index contributed by atoms with van der Waals surface area (Å²) in [5.74, 6) is 0.171. The first kappa shape index (κ1) is 29.6. The van der Waals surface area contributed by atoms with Crippen LogP contribution in [0.3, 0.4) is 0 Å². The summed E-state index contributed by atoms with van der Waals surface area (Å²) in [6, 6.07) is 5.41. The van der Waals surface area contributed by atoms with Gasteiger partial charge in [0.2, 0.25) is 5.91 Å². The predicted molar refractivity (Wildman–Crippen MR) is 146 cm³/mol. The van der Waals surface area contributed by atoms with Crippen LogP contribution in [-0.4, -0.2) is 59.4 Å². The van der Waals surface area contributed by atoms with Crippen molar-refractivity contribution in [1.82, 2.24) is 10.2 Å². The van der Waals surface area contributed by atoms with Crippen LogP contribution >= 0.6 is 24.0 Å². The summed E-state index contributed by atoms with van der Waals surface area (Å²) >= 11 is 6.59. The Bertz CT molecular complexity index is 950. The Labute approximate surface area is 222 Å². The molecule has 0 unspecified atom stereocenters. The number of carbonyl (C=O) groups is 3. The van der Waals surface area contributed by atoms with Gasteiger partial charge in [-0.3, -0.25) is 19.3 Å². The summed E-state index contributed by atoms with van der Waals surface area (Å²) in [6.45, 7) is 0.872. The van der Waals surface area contributed by atoms with E-state index in [1.807, 2.05) is 6.07 Å². The van der Waals surface area contributed by atoms with Gasteiger partial charge in [0, 0.05) is 25.9 Å². The van der Waals surface area contributed by atoms with Crippen LogP contribution in [0.1, 0.15) is 69.8 Å². The third kappa shape index (κ3) is 10.2. The van der Waals surface area contributed by atoms with Crippen molar-refractivity contribution in [2.45, 2.75) is 64.2 Å². The number of hydrogen-bond acceptors (Lipinski definition) is 7. The highest BCUT2D eigenvalue weighted by molar-refractivity contribution is 8.26. The van der Waals surface area contributed by atoms with E-state index in [4.69, 9.17) is 26.8 Å². The lowest BCUT2D eigenvalue weighted by molar-refractivity contribution is -0.137. The topological polar surface area (TPSA) is 105 Å². The number of carbonyl (C=O) groups excluding carboxylic acids is 2. The largest absolute Gasteiger partial charge is 0.493 e. The van der Waals surface area contributed by atoms with Gasteiger partial charge in [-0.15, -0.1) is 0 Å². The molecule has 0 saturated carbocycles. The molecule has 0 radical (unpaired) electrons. The lowest BCUT2D eigenvalue weighted by Gasteiger charge is -2.14. The Morgan fingerprint density at radius 3 is 2.28 bits per heavy atom. The van der Waals surface area contributed by atoms with Crippen LogP contribution in [0, 0.1) is 0 Å². The Kier molecular flexibility index (Phi) is 13.3. The molecule has 1 fully saturated rings. The van der Waals surface area contributed by atoms with Crippen LogP contribution in [0.2, 0.25) is 0 Å². The highest BCUT2D eigenvalue weighted by atomic mass is 32.2. The van der Waals surface area contributed by atoms with Gasteiger partial charge in [-0.25, -0.2) is 0 Å². The first-order valence-electron chi connectivity index (χ1n) is 12.3. The van der Waals surface area contributed by atoms with Crippen LogP contribution in [0.5, 0.6) is 11.5 Å². The Morgan fingerprint density at radius 1 is 1.00 bits per heavy atom. The summed E-state index contributed by atoms with van der Waals surface area (Å²) in [6.07, 6.45) is 10.3. The molecule has 1 aliphatic heterocycles. The van der Waals surface area contributed by atoms with Gasteiger partial charge in [0.25, 0.3) is 5.91 Å². The number of rotatable bonds is 17. The number of thiocarbonyl (C=S) groups is 1. The number of ether oxygens (including phenoxy) is 2. The van der Waals surface area contributed by atoms with Gasteiger partial charge in [0.05, 0.1) is 19.1 Å². The van der Waals surface area contributed by atoms with E-state index >= 15 is 0 Å². The molecule has 2 amide bonds. The highest BCUT2D eigenvalue weighted by Gasteiger charge is 2.32. The van der Waals surface area contributed by atoms with Crippen LogP contribution in [0.4, 0.5) is 0 Å². The van der Waals surface area contributed by atoms with Crippen LogP contribution < -0.4 is 14.8 Å². The summed E-state index contributed by atoms with van der Waals surface area (Å²) < 4.78 is 11.0. The van der Waals surface area contributed by atoms with Gasteiger partial charge < -0.3 is 19.9 Å². The normalized spacial score (nSPS) is 14.4. The van der Waals surface area contributed by atoms with E-state index < -0.39 is 5.97 Å². The zero-order valence-corrected chi connectivity index (χ0v) is 22.7. The second-order valence-electron chi connectivity index (χ2n) is 8.52. The van der Waals surface area contributed by atoms with Crippen LogP contribution in [0.25, 0.3) is 6.08 Å². The molecule has 1 heterocycles. The van der Waals surface area contributed by atoms with Crippen molar-refractivity contribution in [3.05, 3.63) is 28.7 Å². The van der Waals surface area contributed by atoms with Crippen molar-refractivity contribution >= 4 is 52.2 Å². The van der Waals surface area contributed by atoms with E-state index in [1.165, 1.54) is 16.7 Å². The Balaban J connectivity index is 1.64. The summed E-state index contributed by atoms with van der Waals surface area (Å²) in [5.41, 5.74) is 0.795. The highest BCUT2D eigenvalue weighted by Crippen LogP contribution is 2.34. The molecular formula is C26H36N2O6S2. The average molecular weight is 537 g/mol. The Morgan fingerprint density at radius 2 is 1.64 bits per heavy atom. The number of nitrogens with one attached hydrogen (secondary N) is 1. The fourth-order valence-corrected chi connectivity index (χ4v) is 5.09. The standard InChI is InChI=1S/C26H36N2O6S2/c1-33-20-13-12-19(17-21(20)34-2)18-22-25(32)28(26(35)36-22)16-14-23(29)27-15-10-8-6-4-3-5-7-9-11-24(30)31/h12-13,17-18H,3-11,14-16H2,1-2H3,(H,27,29)(H,30,31)/b22-18-. The first-order chi connectivity index (χ1) is 17.3. The number of carboxylic acid groups (broad SMARTS) is 1. The molecule has 0 aliphatic carbocycles. The number of benzene rings is 1. The minimum atomic E-state index is -0.724. The molecule has 198 valence electrons. The molecular weight excluding hydrogens is 500 g/mol. The minimum absolute atomic E-state index is 0.0913. The van der Waals surface area contributed by atoms with E-state index in [1.54, 1.807) is 32.4 Å². The maximum atomic E-state index is 12.8. The number of methoxy groups -OCH3 is 2. The molecule has 10 heteroatoms. The number of nitrogens with zero attached hydrogens (tertiary/aromatic N) is 1. The molecule has 1 aromatic rings. The average Bonchev–Trinajstić information content (AvgIpc) is 3.12. The van der Waals surface area contributed by atoms with Crippen LogP contribution in [-0.2, 0) is 14.4 Å². The van der Waals surface area contributed by atoms with E-state index in [9.17, 15) is 14.4 Å². The molecule has 0 aromatic heterocycles. The van der Waals surface area contributed by atoms with Gasteiger partial charge in [-0.05, 0) is 36.6 Å². The quantitative estimate of drug-likeness (QED) is 0.163. The molecule has 0 bridgehead atoms. The smallest absolute Gasteiger partial charge is 0.303 e. The zero-order chi connectivity index (χ0) is 26.3. The molecule has 2 N–H and O–H groups in total. The Hall–Kier alpha value is -2.59. The fourth-order valence-electron chi connectivity index (χ4n) is 3.78. The molecule has 1 saturated heterocycles. The number of thioether (sulfide) groups is 1. The second-order valence-corrected chi connectivity index (χ2v) is 10.2. The monoisotopic (exact) mass is 536 g/mol. The summed E-state index contributed by atoms with van der Waals surface area (Å²) in [7, 11) is 3.12. The third-order valence-corrected chi connectivity index (χ3v) is 7.16. The van der Waals surface area contributed by atoms with Crippen molar-refractivity contribution < 1.29 is 29.0 Å². The molecule has 36 heavy (non-hydrogen) atoms. The van der Waals surface area contributed by atoms with Gasteiger partial charge in [-0.2, -0.15) is 0 Å². The van der Waals surface area contributed by atoms with E-state index in [-0.39, 0.29) is 31.2 Å². The summed E-state index contributed by atoms with van der Waals surface area (Å²) in [5, 5.41) is 11.5. The van der Waals surface area contributed by atoms with Crippen molar-refractivity contribution in [1.29, 1.82) is 0 Å². The van der Waals surface area contributed by atoms with Crippen LogP contribution in [0.15, 0.2) is 23.1 Å². The molecule has 0 atom stereocenters. The molecule has 1 aromatic carbocycles. The molecule has 1 aliphatic rings. The predicted octanol–water partition coefficient (Wildman–Crippen LogP) is 5.01. The molecule has 2 rings (SSSR count). The van der Waals surface area contributed by atoms with Gasteiger partial charge in [0.15, 0.2) is 11.5 Å². The number of unbranched alkanes of at least 4 members (excludes halogenated alkanes) is 7. The number of hydrogen-bond donors (Lipinski definition) is 2. The van der Waals surface area contributed by atoms with E-state index in [2.05, 4.69) is 5.32 Å².